The quantitative estimate of drug-likeness (QED) is 0.800. The summed E-state index contributed by atoms with van der Waals surface area (Å²) in [6.07, 6.45) is 5.73. The SMILES string of the molecule is Cc1cc(NC(=O)CN(CC2CCCCC2)C(=O)c2ccc3c(c2)OCO3)no1. The lowest BCUT2D eigenvalue weighted by Gasteiger charge is -2.29. The number of hydrogen-bond acceptors (Lipinski definition) is 6. The van der Waals surface area contributed by atoms with Crippen molar-refractivity contribution in [3.8, 4) is 11.5 Å². The third kappa shape index (κ3) is 4.70. The summed E-state index contributed by atoms with van der Waals surface area (Å²) >= 11 is 0. The Hall–Kier alpha value is -3.03. The minimum absolute atomic E-state index is 0.0459. The number of amides is 2. The van der Waals surface area contributed by atoms with Crippen LogP contribution in [0.5, 0.6) is 11.5 Å². The normalized spacial score (nSPS) is 15.9. The number of carbonyl (C=O) groups is 2. The molecule has 8 heteroatoms. The van der Waals surface area contributed by atoms with Crippen LogP contribution in [0, 0.1) is 12.8 Å². The van der Waals surface area contributed by atoms with E-state index in [1.165, 1.54) is 19.3 Å². The Morgan fingerprint density at radius 2 is 1.93 bits per heavy atom. The highest BCUT2D eigenvalue weighted by Crippen LogP contribution is 2.33. The van der Waals surface area contributed by atoms with Crippen LogP contribution in [0.3, 0.4) is 0 Å². The maximum Gasteiger partial charge on any atom is 0.254 e. The van der Waals surface area contributed by atoms with E-state index in [1.807, 2.05) is 0 Å². The molecule has 154 valence electrons. The number of carbonyl (C=O) groups excluding carboxylic acids is 2. The van der Waals surface area contributed by atoms with Crippen LogP contribution >= 0.6 is 0 Å². The number of aromatic nitrogens is 1. The van der Waals surface area contributed by atoms with Crippen molar-refractivity contribution in [2.45, 2.75) is 39.0 Å². The molecule has 0 saturated heterocycles. The van der Waals surface area contributed by atoms with Gasteiger partial charge in [0.1, 0.15) is 12.3 Å². The zero-order chi connectivity index (χ0) is 20.2. The predicted molar refractivity (Wildman–Crippen MR) is 105 cm³/mol. The second-order valence-corrected chi connectivity index (χ2v) is 7.63. The second kappa shape index (κ2) is 8.55. The van der Waals surface area contributed by atoms with E-state index in [1.54, 1.807) is 36.1 Å². The van der Waals surface area contributed by atoms with E-state index in [-0.39, 0.29) is 25.2 Å². The van der Waals surface area contributed by atoms with Crippen LogP contribution in [0.1, 0.15) is 48.2 Å². The summed E-state index contributed by atoms with van der Waals surface area (Å²) in [5.74, 6) is 2.04. The molecule has 0 radical (unpaired) electrons. The number of benzene rings is 1. The van der Waals surface area contributed by atoms with Crippen LogP contribution in [0.2, 0.25) is 0 Å². The third-order valence-electron chi connectivity index (χ3n) is 5.34. The van der Waals surface area contributed by atoms with Crippen molar-refractivity contribution in [1.82, 2.24) is 10.1 Å². The smallest absolute Gasteiger partial charge is 0.254 e. The maximum absolute atomic E-state index is 13.2. The summed E-state index contributed by atoms with van der Waals surface area (Å²) in [7, 11) is 0. The molecular formula is C21H25N3O5. The van der Waals surface area contributed by atoms with Gasteiger partial charge in [0.05, 0.1) is 0 Å². The van der Waals surface area contributed by atoms with Crippen LogP contribution in [0.15, 0.2) is 28.8 Å². The van der Waals surface area contributed by atoms with E-state index in [0.29, 0.717) is 41.1 Å². The summed E-state index contributed by atoms with van der Waals surface area (Å²) in [5.41, 5.74) is 0.482. The lowest BCUT2D eigenvalue weighted by Crippen LogP contribution is -2.41. The topological polar surface area (TPSA) is 93.9 Å². The van der Waals surface area contributed by atoms with Crippen molar-refractivity contribution in [1.29, 1.82) is 0 Å². The van der Waals surface area contributed by atoms with Crippen molar-refractivity contribution in [2.24, 2.45) is 5.92 Å². The molecule has 1 aliphatic carbocycles. The molecule has 0 unspecified atom stereocenters. The van der Waals surface area contributed by atoms with Crippen molar-refractivity contribution in [3.05, 3.63) is 35.6 Å². The zero-order valence-corrected chi connectivity index (χ0v) is 16.5. The lowest BCUT2D eigenvalue weighted by molar-refractivity contribution is -0.117. The van der Waals surface area contributed by atoms with Gasteiger partial charge in [-0.3, -0.25) is 9.59 Å². The summed E-state index contributed by atoms with van der Waals surface area (Å²) in [4.78, 5) is 27.4. The van der Waals surface area contributed by atoms with Gasteiger partial charge in [0.25, 0.3) is 5.91 Å². The van der Waals surface area contributed by atoms with Crippen LogP contribution in [-0.2, 0) is 4.79 Å². The molecule has 0 bridgehead atoms. The standard InChI is InChI=1S/C21H25N3O5/c1-14-9-19(23-29-14)22-20(25)12-24(11-15-5-3-2-4-6-15)21(26)16-7-8-17-18(10-16)28-13-27-17/h7-10,15H,2-6,11-13H2,1H3,(H,22,23,25). The molecule has 1 fully saturated rings. The van der Waals surface area contributed by atoms with E-state index in [9.17, 15) is 9.59 Å². The fraction of sp³-hybridized carbons (Fsp3) is 0.476. The van der Waals surface area contributed by atoms with E-state index < -0.39 is 0 Å². The van der Waals surface area contributed by atoms with Crippen LogP contribution < -0.4 is 14.8 Å². The molecule has 1 saturated carbocycles. The van der Waals surface area contributed by atoms with Gasteiger partial charge >= 0.3 is 0 Å². The highest BCUT2D eigenvalue weighted by atomic mass is 16.7. The van der Waals surface area contributed by atoms with Gasteiger partial charge in [-0.1, -0.05) is 24.4 Å². The Labute approximate surface area is 169 Å². The molecule has 2 aliphatic rings. The average molecular weight is 399 g/mol. The molecule has 0 atom stereocenters. The summed E-state index contributed by atoms with van der Waals surface area (Å²) in [6.45, 7) is 2.41. The first-order valence-corrected chi connectivity index (χ1v) is 10.0. The first-order chi connectivity index (χ1) is 14.1. The van der Waals surface area contributed by atoms with Gasteiger partial charge in [0.15, 0.2) is 17.3 Å². The molecule has 2 heterocycles. The van der Waals surface area contributed by atoms with Crippen LogP contribution in [0.25, 0.3) is 0 Å². The maximum atomic E-state index is 13.2. The third-order valence-corrected chi connectivity index (χ3v) is 5.34. The number of hydrogen-bond donors (Lipinski definition) is 1. The summed E-state index contributed by atoms with van der Waals surface area (Å²) in [5, 5.41) is 6.48. The Kier molecular flexibility index (Phi) is 5.69. The molecule has 4 rings (SSSR count). The van der Waals surface area contributed by atoms with Crippen LogP contribution in [-0.4, -0.2) is 41.8 Å². The minimum atomic E-state index is -0.303. The van der Waals surface area contributed by atoms with Gasteiger partial charge in [-0.25, -0.2) is 0 Å². The first kappa shape index (κ1) is 19.3. The fourth-order valence-corrected chi connectivity index (χ4v) is 3.89. The number of nitrogens with one attached hydrogen (secondary N) is 1. The zero-order valence-electron chi connectivity index (χ0n) is 16.5. The predicted octanol–water partition coefficient (Wildman–Crippen LogP) is 3.37. The number of fused-ring (bicyclic) bond motifs is 1. The van der Waals surface area contributed by atoms with Gasteiger partial charge in [-0.05, 0) is 43.9 Å². The van der Waals surface area contributed by atoms with Crippen molar-refractivity contribution in [3.63, 3.8) is 0 Å². The summed E-state index contributed by atoms with van der Waals surface area (Å²) < 4.78 is 15.7. The number of ether oxygens (including phenoxy) is 2. The largest absolute Gasteiger partial charge is 0.454 e. The van der Waals surface area contributed by atoms with Gasteiger partial charge in [-0.15, -0.1) is 0 Å². The van der Waals surface area contributed by atoms with E-state index >= 15 is 0 Å². The minimum Gasteiger partial charge on any atom is -0.454 e. The van der Waals surface area contributed by atoms with Crippen molar-refractivity contribution in [2.75, 3.05) is 25.2 Å². The Morgan fingerprint density at radius 1 is 1.14 bits per heavy atom. The highest BCUT2D eigenvalue weighted by Gasteiger charge is 2.26. The Morgan fingerprint density at radius 3 is 2.69 bits per heavy atom. The molecule has 1 aromatic heterocycles. The molecule has 2 aromatic rings. The Bertz CT molecular complexity index is 888. The molecular weight excluding hydrogens is 374 g/mol. The van der Waals surface area contributed by atoms with E-state index in [0.717, 1.165) is 12.8 Å². The van der Waals surface area contributed by atoms with Crippen LogP contribution in [0.4, 0.5) is 5.82 Å². The van der Waals surface area contributed by atoms with Crippen molar-refractivity contribution < 1.29 is 23.6 Å². The molecule has 29 heavy (non-hydrogen) atoms. The molecule has 2 amide bonds. The molecule has 0 spiro atoms. The monoisotopic (exact) mass is 399 g/mol. The van der Waals surface area contributed by atoms with E-state index in [2.05, 4.69) is 10.5 Å². The second-order valence-electron chi connectivity index (χ2n) is 7.63. The number of nitrogens with zero attached hydrogens (tertiary/aromatic N) is 2. The number of aryl methyl sites for hydroxylation is 1. The molecule has 1 aliphatic heterocycles. The lowest BCUT2D eigenvalue weighted by atomic mass is 9.89. The number of anilines is 1. The first-order valence-electron chi connectivity index (χ1n) is 10.0. The summed E-state index contributed by atoms with van der Waals surface area (Å²) in [6, 6.07) is 6.76. The van der Waals surface area contributed by atoms with Gasteiger partial charge in [0, 0.05) is 18.2 Å². The molecule has 1 aromatic carbocycles. The highest BCUT2D eigenvalue weighted by molar-refractivity contribution is 5.99. The Balaban J connectivity index is 1.49. The average Bonchev–Trinajstić information content (AvgIpc) is 3.35. The van der Waals surface area contributed by atoms with Crippen molar-refractivity contribution >= 4 is 17.6 Å². The fourth-order valence-electron chi connectivity index (χ4n) is 3.89. The van der Waals surface area contributed by atoms with Gasteiger partial charge in [0.2, 0.25) is 12.7 Å². The van der Waals surface area contributed by atoms with Gasteiger partial charge < -0.3 is 24.2 Å². The van der Waals surface area contributed by atoms with E-state index in [4.69, 9.17) is 14.0 Å². The molecule has 1 N–H and O–H groups in total. The molecule has 8 nitrogen and oxygen atoms in total. The van der Waals surface area contributed by atoms with Gasteiger partial charge in [-0.2, -0.15) is 0 Å². The number of rotatable bonds is 6.